The van der Waals surface area contributed by atoms with Crippen molar-refractivity contribution in [2.45, 2.75) is 11.8 Å². The van der Waals surface area contributed by atoms with Crippen LogP contribution in [0.5, 0.6) is 0 Å². The van der Waals surface area contributed by atoms with Crippen LogP contribution >= 0.6 is 23.4 Å². The number of nitrogens with zero attached hydrogens (tertiary/aromatic N) is 3. The van der Waals surface area contributed by atoms with Crippen molar-refractivity contribution < 1.29 is 4.79 Å². The molecule has 5 nitrogen and oxygen atoms in total. The minimum Gasteiger partial charge on any atom is -0.324 e. The number of aromatic nitrogens is 3. The van der Waals surface area contributed by atoms with E-state index in [-0.39, 0.29) is 5.91 Å². The van der Waals surface area contributed by atoms with Crippen LogP contribution < -0.4 is 5.32 Å². The number of carbonyl (C=O) groups is 1. The lowest BCUT2D eigenvalue weighted by Gasteiger charge is -2.05. The van der Waals surface area contributed by atoms with Gasteiger partial charge in [-0.25, -0.2) is 4.98 Å². The fourth-order valence-corrected chi connectivity index (χ4v) is 3.08. The SMILES string of the molecule is Cc1nn(C)c2ncc(NC(=O)CSc3ccc(Cl)cc3)cc12. The summed E-state index contributed by atoms with van der Waals surface area (Å²) in [6, 6.07) is 9.31. The normalized spacial score (nSPS) is 10.9. The summed E-state index contributed by atoms with van der Waals surface area (Å²) < 4.78 is 1.73. The van der Waals surface area contributed by atoms with Crippen LogP contribution in [0.15, 0.2) is 41.4 Å². The summed E-state index contributed by atoms with van der Waals surface area (Å²) in [7, 11) is 1.85. The minimum atomic E-state index is -0.0763. The standard InChI is InChI=1S/C16H15ClN4OS/c1-10-14-7-12(8-18-16(14)21(2)20-10)19-15(22)9-23-13-5-3-11(17)4-6-13/h3-8H,9H2,1-2H3,(H,19,22). The Kier molecular flexibility index (Phi) is 4.54. The number of hydrogen-bond donors (Lipinski definition) is 1. The number of fused-ring (bicyclic) bond motifs is 1. The van der Waals surface area contributed by atoms with Crippen LogP contribution in [0.2, 0.25) is 5.02 Å². The molecule has 3 rings (SSSR count). The van der Waals surface area contributed by atoms with E-state index >= 15 is 0 Å². The summed E-state index contributed by atoms with van der Waals surface area (Å²) >= 11 is 7.30. The Balaban J connectivity index is 1.65. The van der Waals surface area contributed by atoms with Crippen LogP contribution in [-0.4, -0.2) is 26.4 Å². The smallest absolute Gasteiger partial charge is 0.234 e. The van der Waals surface area contributed by atoms with Crippen LogP contribution in [0.3, 0.4) is 0 Å². The summed E-state index contributed by atoms with van der Waals surface area (Å²) in [6.07, 6.45) is 1.65. The van der Waals surface area contributed by atoms with Gasteiger partial charge in [-0.3, -0.25) is 9.48 Å². The van der Waals surface area contributed by atoms with Crippen LogP contribution in [-0.2, 0) is 11.8 Å². The topological polar surface area (TPSA) is 59.8 Å². The molecule has 0 aliphatic carbocycles. The Labute approximate surface area is 143 Å². The number of thioether (sulfide) groups is 1. The zero-order valence-corrected chi connectivity index (χ0v) is 14.3. The number of benzene rings is 1. The molecule has 0 saturated carbocycles. The number of hydrogen-bond acceptors (Lipinski definition) is 4. The van der Waals surface area contributed by atoms with Gasteiger partial charge in [0.25, 0.3) is 0 Å². The lowest BCUT2D eigenvalue weighted by Crippen LogP contribution is -2.14. The monoisotopic (exact) mass is 346 g/mol. The van der Waals surface area contributed by atoms with Crippen LogP contribution in [0, 0.1) is 6.92 Å². The molecule has 2 aromatic heterocycles. The highest BCUT2D eigenvalue weighted by atomic mass is 35.5. The summed E-state index contributed by atoms with van der Waals surface area (Å²) in [5.41, 5.74) is 2.37. The molecular weight excluding hydrogens is 332 g/mol. The number of amides is 1. The number of rotatable bonds is 4. The van der Waals surface area contributed by atoms with Gasteiger partial charge < -0.3 is 5.32 Å². The Bertz CT molecular complexity index is 860. The Morgan fingerprint density at radius 2 is 2.09 bits per heavy atom. The van der Waals surface area contributed by atoms with E-state index in [1.165, 1.54) is 11.8 Å². The summed E-state index contributed by atoms with van der Waals surface area (Å²) in [5, 5.41) is 8.81. The van der Waals surface area contributed by atoms with E-state index in [4.69, 9.17) is 11.6 Å². The van der Waals surface area contributed by atoms with Gasteiger partial charge in [0.15, 0.2) is 5.65 Å². The molecule has 1 amide bonds. The molecule has 23 heavy (non-hydrogen) atoms. The maximum atomic E-state index is 12.1. The van der Waals surface area contributed by atoms with Gasteiger partial charge >= 0.3 is 0 Å². The van der Waals surface area contributed by atoms with Gasteiger partial charge in [-0.2, -0.15) is 5.10 Å². The number of pyridine rings is 1. The van der Waals surface area contributed by atoms with Gasteiger partial charge in [-0.1, -0.05) is 11.6 Å². The third-order valence-electron chi connectivity index (χ3n) is 3.33. The first-order valence-corrected chi connectivity index (χ1v) is 8.37. The highest BCUT2D eigenvalue weighted by Gasteiger charge is 2.09. The van der Waals surface area contributed by atoms with Gasteiger partial charge in [0.2, 0.25) is 5.91 Å². The predicted molar refractivity (Wildman–Crippen MR) is 94.1 cm³/mol. The van der Waals surface area contributed by atoms with Crippen molar-refractivity contribution in [1.29, 1.82) is 0 Å². The molecule has 0 fully saturated rings. The molecule has 0 spiro atoms. The quantitative estimate of drug-likeness (QED) is 0.732. The van der Waals surface area contributed by atoms with Gasteiger partial charge in [0.1, 0.15) is 0 Å². The van der Waals surface area contributed by atoms with E-state index in [1.807, 2.05) is 44.3 Å². The zero-order chi connectivity index (χ0) is 16.4. The molecule has 1 aromatic carbocycles. The number of carbonyl (C=O) groups excluding carboxylic acids is 1. The highest BCUT2D eigenvalue weighted by Crippen LogP contribution is 2.22. The Morgan fingerprint density at radius 1 is 1.35 bits per heavy atom. The zero-order valence-electron chi connectivity index (χ0n) is 12.7. The molecular formula is C16H15ClN4OS. The second kappa shape index (κ2) is 6.60. The molecule has 118 valence electrons. The van der Waals surface area contributed by atoms with E-state index < -0.39 is 0 Å². The van der Waals surface area contributed by atoms with E-state index in [9.17, 15) is 4.79 Å². The second-order valence-corrected chi connectivity index (χ2v) is 6.58. The fourth-order valence-electron chi connectivity index (χ4n) is 2.25. The Hall–Kier alpha value is -2.05. The molecule has 0 bridgehead atoms. The van der Waals surface area contributed by atoms with Gasteiger partial charge in [-0.15, -0.1) is 11.8 Å². The lowest BCUT2D eigenvalue weighted by atomic mass is 10.2. The molecule has 0 radical (unpaired) electrons. The molecule has 0 saturated heterocycles. The average molecular weight is 347 g/mol. The number of nitrogens with one attached hydrogen (secondary N) is 1. The van der Waals surface area contributed by atoms with Crippen LogP contribution in [0.4, 0.5) is 5.69 Å². The van der Waals surface area contributed by atoms with E-state index in [0.717, 1.165) is 21.6 Å². The summed E-state index contributed by atoms with van der Waals surface area (Å²) in [5.74, 6) is 0.249. The van der Waals surface area contributed by atoms with Gasteiger partial charge in [0, 0.05) is 22.4 Å². The molecule has 1 N–H and O–H groups in total. The largest absolute Gasteiger partial charge is 0.324 e. The van der Waals surface area contributed by atoms with Gasteiger partial charge in [-0.05, 0) is 37.3 Å². The maximum Gasteiger partial charge on any atom is 0.234 e. The van der Waals surface area contributed by atoms with Gasteiger partial charge in [0.05, 0.1) is 23.3 Å². The molecule has 0 atom stereocenters. The minimum absolute atomic E-state index is 0.0763. The van der Waals surface area contributed by atoms with E-state index in [1.54, 1.807) is 10.9 Å². The van der Waals surface area contributed by atoms with Crippen molar-refractivity contribution in [3.05, 3.63) is 47.2 Å². The predicted octanol–water partition coefficient (Wildman–Crippen LogP) is 3.66. The van der Waals surface area contributed by atoms with Crippen molar-refractivity contribution in [1.82, 2.24) is 14.8 Å². The summed E-state index contributed by atoms with van der Waals surface area (Å²) in [6.45, 7) is 1.92. The van der Waals surface area contributed by atoms with Crippen molar-refractivity contribution in [2.75, 3.05) is 11.1 Å². The summed E-state index contributed by atoms with van der Waals surface area (Å²) in [4.78, 5) is 17.4. The van der Waals surface area contributed by atoms with Crippen molar-refractivity contribution >= 4 is 46.0 Å². The van der Waals surface area contributed by atoms with Crippen LogP contribution in [0.25, 0.3) is 11.0 Å². The number of aryl methyl sites for hydroxylation is 2. The Morgan fingerprint density at radius 3 is 2.83 bits per heavy atom. The van der Waals surface area contributed by atoms with Crippen LogP contribution in [0.1, 0.15) is 5.69 Å². The average Bonchev–Trinajstić information content (AvgIpc) is 2.81. The first-order valence-electron chi connectivity index (χ1n) is 7.00. The van der Waals surface area contributed by atoms with Crippen molar-refractivity contribution in [3.8, 4) is 0 Å². The second-order valence-electron chi connectivity index (χ2n) is 5.09. The first kappa shape index (κ1) is 15.8. The van der Waals surface area contributed by atoms with Crippen molar-refractivity contribution in [2.24, 2.45) is 7.05 Å². The van der Waals surface area contributed by atoms with Crippen molar-refractivity contribution in [3.63, 3.8) is 0 Å². The third-order valence-corrected chi connectivity index (χ3v) is 4.59. The molecule has 3 aromatic rings. The highest BCUT2D eigenvalue weighted by molar-refractivity contribution is 8.00. The first-order chi connectivity index (χ1) is 11.0. The molecule has 0 unspecified atom stereocenters. The number of halogens is 1. The molecule has 0 aliphatic heterocycles. The van der Waals surface area contributed by atoms with E-state index in [2.05, 4.69) is 15.4 Å². The molecule has 7 heteroatoms. The lowest BCUT2D eigenvalue weighted by molar-refractivity contribution is -0.113. The third kappa shape index (κ3) is 3.65. The molecule has 0 aliphatic rings. The molecule has 2 heterocycles. The maximum absolute atomic E-state index is 12.1. The number of anilines is 1. The fraction of sp³-hybridized carbons (Fsp3) is 0.188. The van der Waals surface area contributed by atoms with E-state index in [0.29, 0.717) is 16.5 Å².